The van der Waals surface area contributed by atoms with Crippen molar-refractivity contribution in [3.8, 4) is 0 Å². The molecule has 0 spiro atoms. The number of aromatic nitrogens is 2. The lowest BCUT2D eigenvalue weighted by atomic mass is 10.1. The van der Waals surface area contributed by atoms with Crippen LogP contribution in [0.4, 0.5) is 20.2 Å². The second-order valence-electron chi connectivity index (χ2n) is 5.85. The fourth-order valence-corrected chi connectivity index (χ4v) is 4.90. The fourth-order valence-electron chi connectivity index (χ4n) is 2.72. The molecule has 3 rings (SSSR count). The maximum atomic E-state index is 13.0. The minimum absolute atomic E-state index is 0.164. The van der Waals surface area contributed by atoms with Gasteiger partial charge in [-0.1, -0.05) is 0 Å². The average Bonchev–Trinajstić information content (AvgIpc) is 2.78. The van der Waals surface area contributed by atoms with E-state index in [4.69, 9.17) is 0 Å². The summed E-state index contributed by atoms with van der Waals surface area (Å²) < 4.78 is 55.1. The van der Waals surface area contributed by atoms with Gasteiger partial charge in [0.15, 0.2) is 5.69 Å². The Kier molecular flexibility index (Phi) is 5.02. The molecular weight excluding hydrogens is 434 g/mol. The third-order valence-corrected chi connectivity index (χ3v) is 6.20. The first-order chi connectivity index (χ1) is 12.2. The molecule has 2 heterocycles. The van der Waals surface area contributed by atoms with Crippen LogP contribution in [0.1, 0.15) is 30.5 Å². The van der Waals surface area contributed by atoms with Crippen molar-refractivity contribution >= 4 is 43.2 Å². The van der Waals surface area contributed by atoms with Gasteiger partial charge in [-0.05, 0) is 46.5 Å². The zero-order chi connectivity index (χ0) is 19.1. The molecule has 0 unspecified atom stereocenters. The highest BCUT2D eigenvalue weighted by Crippen LogP contribution is 2.34. The number of fused-ring (bicyclic) bond motifs is 1. The molecule has 1 aromatic heterocycles. The number of anilines is 2. The number of sulfonamides is 1. The number of alkyl halides is 2. The maximum absolute atomic E-state index is 13.0. The average molecular weight is 449 g/mol. The number of aryl methyl sites for hydroxylation is 2. The van der Waals surface area contributed by atoms with Gasteiger partial charge in [0.05, 0.1) is 5.69 Å². The predicted molar refractivity (Wildman–Crippen MR) is 94.7 cm³/mol. The molecule has 2 N–H and O–H groups in total. The summed E-state index contributed by atoms with van der Waals surface area (Å²) in [4.78, 5) is 11.6. The van der Waals surface area contributed by atoms with E-state index in [9.17, 15) is 22.0 Å². The topological polar surface area (TPSA) is 93.1 Å². The van der Waals surface area contributed by atoms with E-state index in [-0.39, 0.29) is 21.0 Å². The Morgan fingerprint density at radius 3 is 2.77 bits per heavy atom. The van der Waals surface area contributed by atoms with E-state index in [1.165, 1.54) is 13.1 Å². The Bertz CT molecular complexity index is 976. The smallest absolute Gasteiger partial charge is 0.284 e. The van der Waals surface area contributed by atoms with E-state index in [0.29, 0.717) is 24.9 Å². The molecule has 11 heteroatoms. The van der Waals surface area contributed by atoms with E-state index in [0.717, 1.165) is 16.4 Å². The highest BCUT2D eigenvalue weighted by atomic mass is 79.9. The van der Waals surface area contributed by atoms with Gasteiger partial charge in [-0.25, -0.2) is 17.2 Å². The first-order valence-corrected chi connectivity index (χ1v) is 9.92. The monoisotopic (exact) mass is 448 g/mol. The number of rotatable bonds is 4. The standard InChI is InChI=1S/C15H15BrF2N4O3S/c1-22-7-11(14(20-22)15(17)18)21-26(24,25)12-6-10-8(5-9(12)16)3-2-4-13(23)19-10/h5-7,15,21H,2-4H2,1H3,(H,19,23). The summed E-state index contributed by atoms with van der Waals surface area (Å²) in [5.41, 5.74) is 0.247. The molecule has 0 saturated carbocycles. The SMILES string of the molecule is Cn1cc(NS(=O)(=O)c2cc3c(cc2Br)CCCC(=O)N3)c(C(F)F)n1. The summed E-state index contributed by atoms with van der Waals surface area (Å²) >= 11 is 3.22. The van der Waals surface area contributed by atoms with Crippen molar-refractivity contribution in [2.24, 2.45) is 7.05 Å². The Hall–Kier alpha value is -2.01. The van der Waals surface area contributed by atoms with E-state index in [1.807, 2.05) is 0 Å². The van der Waals surface area contributed by atoms with Gasteiger partial charge in [0.1, 0.15) is 4.90 Å². The number of hydrogen-bond donors (Lipinski definition) is 2. The second kappa shape index (κ2) is 6.95. The van der Waals surface area contributed by atoms with Crippen LogP contribution in [0.5, 0.6) is 0 Å². The molecule has 0 saturated heterocycles. The number of benzene rings is 1. The summed E-state index contributed by atoms with van der Waals surface area (Å²) in [7, 11) is -2.77. The van der Waals surface area contributed by atoms with Gasteiger partial charge in [0.2, 0.25) is 5.91 Å². The van der Waals surface area contributed by atoms with Crippen LogP contribution in [0.25, 0.3) is 0 Å². The van der Waals surface area contributed by atoms with E-state index >= 15 is 0 Å². The molecule has 0 fully saturated rings. The zero-order valence-corrected chi connectivity index (χ0v) is 16.0. The Balaban J connectivity index is 2.01. The number of carbonyl (C=O) groups is 1. The van der Waals surface area contributed by atoms with Crippen LogP contribution in [0.3, 0.4) is 0 Å². The lowest BCUT2D eigenvalue weighted by Crippen LogP contribution is -2.16. The van der Waals surface area contributed by atoms with Crippen molar-refractivity contribution in [2.45, 2.75) is 30.6 Å². The molecule has 0 radical (unpaired) electrons. The van der Waals surface area contributed by atoms with Crippen LogP contribution in [0.2, 0.25) is 0 Å². The van der Waals surface area contributed by atoms with Gasteiger partial charge in [0, 0.05) is 29.8 Å². The summed E-state index contributed by atoms with van der Waals surface area (Å²) in [6, 6.07) is 2.94. The highest BCUT2D eigenvalue weighted by Gasteiger charge is 2.26. The van der Waals surface area contributed by atoms with Crippen LogP contribution >= 0.6 is 15.9 Å². The molecular formula is C15H15BrF2N4O3S. The third kappa shape index (κ3) is 3.73. The predicted octanol–water partition coefficient (Wildman–Crippen LogP) is 3.20. The van der Waals surface area contributed by atoms with Crippen molar-refractivity contribution in [2.75, 3.05) is 10.0 Å². The van der Waals surface area contributed by atoms with Crippen LogP contribution in [0, 0.1) is 0 Å². The molecule has 1 amide bonds. The molecule has 140 valence electrons. The minimum Gasteiger partial charge on any atom is -0.326 e. The normalized spacial score (nSPS) is 14.7. The fraction of sp³-hybridized carbons (Fsp3) is 0.333. The first-order valence-electron chi connectivity index (χ1n) is 7.64. The second-order valence-corrected chi connectivity index (χ2v) is 8.35. The number of hydrogen-bond acceptors (Lipinski definition) is 4. The molecule has 0 bridgehead atoms. The van der Waals surface area contributed by atoms with E-state index in [1.54, 1.807) is 6.07 Å². The molecule has 0 aliphatic carbocycles. The summed E-state index contributed by atoms with van der Waals surface area (Å²) in [6.45, 7) is 0. The van der Waals surface area contributed by atoms with Crippen molar-refractivity contribution in [3.05, 3.63) is 34.1 Å². The van der Waals surface area contributed by atoms with Crippen molar-refractivity contribution in [1.82, 2.24) is 9.78 Å². The molecule has 7 nitrogen and oxygen atoms in total. The Labute approximate surface area is 157 Å². The van der Waals surface area contributed by atoms with Crippen molar-refractivity contribution in [1.29, 1.82) is 0 Å². The van der Waals surface area contributed by atoms with Crippen LogP contribution < -0.4 is 10.0 Å². The first kappa shape index (κ1) is 18.8. The number of halogens is 3. The van der Waals surface area contributed by atoms with Gasteiger partial charge < -0.3 is 5.32 Å². The lowest BCUT2D eigenvalue weighted by Gasteiger charge is -2.13. The van der Waals surface area contributed by atoms with E-state index < -0.39 is 22.1 Å². The van der Waals surface area contributed by atoms with Gasteiger partial charge in [0.25, 0.3) is 16.4 Å². The zero-order valence-electron chi connectivity index (χ0n) is 13.6. The van der Waals surface area contributed by atoms with Crippen molar-refractivity contribution < 1.29 is 22.0 Å². The van der Waals surface area contributed by atoms with Crippen molar-refractivity contribution in [3.63, 3.8) is 0 Å². The van der Waals surface area contributed by atoms with Gasteiger partial charge >= 0.3 is 0 Å². The Morgan fingerprint density at radius 1 is 1.35 bits per heavy atom. The van der Waals surface area contributed by atoms with Gasteiger partial charge in [-0.2, -0.15) is 5.10 Å². The number of nitrogens with one attached hydrogen (secondary N) is 2. The van der Waals surface area contributed by atoms with Gasteiger partial charge in [-0.15, -0.1) is 0 Å². The largest absolute Gasteiger partial charge is 0.326 e. The highest BCUT2D eigenvalue weighted by molar-refractivity contribution is 9.10. The minimum atomic E-state index is -4.18. The quantitative estimate of drug-likeness (QED) is 0.750. The van der Waals surface area contributed by atoms with Crippen LogP contribution in [-0.2, 0) is 28.3 Å². The molecule has 1 aliphatic rings. The van der Waals surface area contributed by atoms with E-state index in [2.05, 4.69) is 31.1 Å². The van der Waals surface area contributed by atoms with Crippen LogP contribution in [-0.4, -0.2) is 24.1 Å². The molecule has 1 aromatic carbocycles. The summed E-state index contributed by atoms with van der Waals surface area (Å²) in [6.07, 6.45) is -0.136. The summed E-state index contributed by atoms with van der Waals surface area (Å²) in [5.74, 6) is -0.199. The number of amides is 1. The Morgan fingerprint density at radius 2 is 2.08 bits per heavy atom. The molecule has 26 heavy (non-hydrogen) atoms. The number of carbonyl (C=O) groups excluding carboxylic acids is 1. The molecule has 2 aromatic rings. The summed E-state index contributed by atoms with van der Waals surface area (Å²) in [5, 5.41) is 6.25. The maximum Gasteiger partial charge on any atom is 0.284 e. The third-order valence-electron chi connectivity index (χ3n) is 3.88. The molecule has 1 aliphatic heterocycles. The van der Waals surface area contributed by atoms with Gasteiger partial charge in [-0.3, -0.25) is 14.2 Å². The lowest BCUT2D eigenvalue weighted by molar-refractivity contribution is -0.116. The number of nitrogens with zero attached hydrogens (tertiary/aromatic N) is 2. The van der Waals surface area contributed by atoms with Crippen LogP contribution in [0.15, 0.2) is 27.7 Å². The molecule has 0 atom stereocenters.